The fourth-order valence-corrected chi connectivity index (χ4v) is 3.41. The average Bonchev–Trinajstić information content (AvgIpc) is 2.91. The number of rotatable bonds is 4. The highest BCUT2D eigenvalue weighted by molar-refractivity contribution is 7.90. The van der Waals surface area contributed by atoms with Crippen molar-refractivity contribution >= 4 is 28.1 Å². The Kier molecular flexibility index (Phi) is 3.87. The molecule has 1 heterocycles. The van der Waals surface area contributed by atoms with Crippen LogP contribution in [-0.4, -0.2) is 20.4 Å². The number of nitrogens with one attached hydrogen (secondary N) is 1. The predicted molar refractivity (Wildman–Crippen MR) is 85.9 cm³/mol. The zero-order valence-corrected chi connectivity index (χ0v) is 12.8. The van der Waals surface area contributed by atoms with Crippen LogP contribution in [0.3, 0.4) is 0 Å². The molecule has 1 unspecified atom stereocenters. The third kappa shape index (κ3) is 2.84. The van der Waals surface area contributed by atoms with Crippen LogP contribution in [0, 0.1) is 6.92 Å². The maximum atomic E-state index is 12.5. The maximum Gasteiger partial charge on any atom is 0.321 e. The van der Waals surface area contributed by atoms with Gasteiger partial charge < -0.3 is 10.3 Å². The van der Waals surface area contributed by atoms with E-state index in [0.29, 0.717) is 16.3 Å². The van der Waals surface area contributed by atoms with Crippen LogP contribution in [0.1, 0.15) is 21.5 Å². The fourth-order valence-electron chi connectivity index (χ4n) is 2.33. The minimum absolute atomic E-state index is 0.194. The summed E-state index contributed by atoms with van der Waals surface area (Å²) >= 11 is -1.38. The van der Waals surface area contributed by atoms with Crippen molar-refractivity contribution in [1.29, 1.82) is 0 Å². The van der Waals surface area contributed by atoms with Gasteiger partial charge in [-0.05, 0) is 25.1 Å². The van der Waals surface area contributed by atoms with Gasteiger partial charge in [-0.2, -0.15) is 4.98 Å². The smallest absolute Gasteiger partial charge is 0.321 e. The van der Waals surface area contributed by atoms with E-state index < -0.39 is 17.1 Å². The van der Waals surface area contributed by atoms with E-state index in [1.54, 1.807) is 6.07 Å². The lowest BCUT2D eigenvalue weighted by atomic mass is 10.1. The predicted octanol–water partition coefficient (Wildman–Crippen LogP) is 2.28. The lowest BCUT2D eigenvalue weighted by Gasteiger charge is -2.10. The molecule has 0 spiro atoms. The summed E-state index contributed by atoms with van der Waals surface area (Å²) in [6.45, 7) is 1.92. The summed E-state index contributed by atoms with van der Waals surface area (Å²) in [5, 5.41) is 0.401. The molecule has 3 rings (SSSR count). The molecule has 1 atom stereocenters. The Morgan fingerprint density at radius 1 is 1.32 bits per heavy atom. The Morgan fingerprint density at radius 2 is 2.09 bits per heavy atom. The highest BCUT2D eigenvalue weighted by Gasteiger charge is 2.20. The van der Waals surface area contributed by atoms with Crippen LogP contribution < -0.4 is 5.73 Å². The Hall–Kier alpha value is -2.31. The van der Waals surface area contributed by atoms with Crippen molar-refractivity contribution in [2.24, 2.45) is 5.73 Å². The van der Waals surface area contributed by atoms with E-state index in [0.717, 1.165) is 16.6 Å². The molecule has 1 aromatic heterocycles. The molecule has 0 aliphatic heterocycles. The van der Waals surface area contributed by atoms with Crippen LogP contribution in [0.2, 0.25) is 0 Å². The zero-order chi connectivity index (χ0) is 15.7. The van der Waals surface area contributed by atoms with Crippen molar-refractivity contribution in [1.82, 2.24) is 9.97 Å². The van der Waals surface area contributed by atoms with Crippen molar-refractivity contribution in [2.75, 3.05) is 0 Å². The summed E-state index contributed by atoms with van der Waals surface area (Å²) in [6, 6.07) is 12.8. The highest BCUT2D eigenvalue weighted by atomic mass is 32.2. The Balaban J connectivity index is 1.92. The molecule has 1 amide bonds. The van der Waals surface area contributed by atoms with E-state index in [1.165, 1.54) is 0 Å². The molecule has 3 aromatic rings. The number of carbonyl (C=O) groups excluding carboxylic acids is 1. The van der Waals surface area contributed by atoms with Gasteiger partial charge in [-0.1, -0.05) is 29.8 Å². The van der Waals surface area contributed by atoms with Crippen LogP contribution in [0.4, 0.5) is 0 Å². The largest absolute Gasteiger partial charge is 0.609 e. The SMILES string of the molecule is Cc1ccc(C(N)=O)c(C[S+]([O-])c2nc3ccccc3[nH]2)c1. The first-order valence-corrected chi connectivity index (χ1v) is 8.09. The summed E-state index contributed by atoms with van der Waals surface area (Å²) in [5.74, 6) is -0.323. The molecule has 0 aliphatic carbocycles. The van der Waals surface area contributed by atoms with Crippen molar-refractivity contribution in [3.8, 4) is 0 Å². The number of amides is 1. The number of fused-ring (bicyclic) bond motifs is 1. The Morgan fingerprint density at radius 3 is 2.82 bits per heavy atom. The third-order valence-electron chi connectivity index (χ3n) is 3.40. The van der Waals surface area contributed by atoms with E-state index in [4.69, 9.17) is 5.73 Å². The standard InChI is InChI=1S/C16H15N3O2S/c1-10-6-7-12(15(17)20)11(8-10)9-22(21)16-18-13-4-2-3-5-14(13)19-16/h2-8H,9H2,1H3,(H2,17,20)(H,18,19). The van der Waals surface area contributed by atoms with Crippen molar-refractivity contribution in [3.63, 3.8) is 0 Å². The molecule has 5 nitrogen and oxygen atoms in total. The molecule has 2 aromatic carbocycles. The summed E-state index contributed by atoms with van der Waals surface area (Å²) in [7, 11) is 0. The lowest BCUT2D eigenvalue weighted by Crippen LogP contribution is -2.16. The Labute approximate surface area is 130 Å². The summed E-state index contributed by atoms with van der Waals surface area (Å²) < 4.78 is 12.5. The number of hydrogen-bond donors (Lipinski definition) is 2. The molecule has 22 heavy (non-hydrogen) atoms. The number of para-hydroxylation sites is 2. The Bertz CT molecular complexity index is 811. The van der Waals surface area contributed by atoms with Gasteiger partial charge in [0.25, 0.3) is 0 Å². The molecule has 0 saturated carbocycles. The van der Waals surface area contributed by atoms with Crippen LogP contribution in [-0.2, 0) is 16.9 Å². The molecular weight excluding hydrogens is 298 g/mol. The van der Waals surface area contributed by atoms with Gasteiger partial charge in [-0.3, -0.25) is 9.78 Å². The molecule has 0 fully saturated rings. The molecule has 6 heteroatoms. The minimum Gasteiger partial charge on any atom is -0.609 e. The van der Waals surface area contributed by atoms with Gasteiger partial charge in [0.05, 0.1) is 11.0 Å². The molecule has 0 aliphatic rings. The quantitative estimate of drug-likeness (QED) is 0.723. The molecule has 0 bridgehead atoms. The van der Waals surface area contributed by atoms with Gasteiger partial charge in [-0.15, -0.1) is 0 Å². The maximum absolute atomic E-state index is 12.5. The van der Waals surface area contributed by atoms with Crippen LogP contribution in [0.15, 0.2) is 47.6 Å². The summed E-state index contributed by atoms with van der Waals surface area (Å²) in [5.41, 5.74) is 9.04. The summed E-state index contributed by atoms with van der Waals surface area (Å²) in [6.07, 6.45) is 0. The number of benzene rings is 2. The lowest BCUT2D eigenvalue weighted by molar-refractivity contribution is 0.0999. The summed E-state index contributed by atoms with van der Waals surface area (Å²) in [4.78, 5) is 18.9. The van der Waals surface area contributed by atoms with Gasteiger partial charge in [0.2, 0.25) is 5.91 Å². The number of carbonyl (C=O) groups is 1. The van der Waals surface area contributed by atoms with E-state index in [9.17, 15) is 9.35 Å². The molecule has 0 radical (unpaired) electrons. The fraction of sp³-hybridized carbons (Fsp3) is 0.125. The first kappa shape index (κ1) is 14.6. The number of aromatic nitrogens is 2. The first-order chi connectivity index (χ1) is 10.5. The number of imidazole rings is 1. The molecule has 3 N–H and O–H groups in total. The number of H-pyrrole nitrogens is 1. The van der Waals surface area contributed by atoms with Gasteiger partial charge >= 0.3 is 5.16 Å². The van der Waals surface area contributed by atoms with Crippen molar-refractivity contribution < 1.29 is 9.35 Å². The van der Waals surface area contributed by atoms with E-state index in [2.05, 4.69) is 9.97 Å². The monoisotopic (exact) mass is 313 g/mol. The normalized spacial score (nSPS) is 12.5. The number of nitrogens with zero attached hydrogens (tertiary/aromatic N) is 1. The first-order valence-electron chi connectivity index (χ1n) is 6.77. The van der Waals surface area contributed by atoms with Crippen LogP contribution in [0.25, 0.3) is 11.0 Å². The van der Waals surface area contributed by atoms with E-state index in [1.807, 2.05) is 43.3 Å². The van der Waals surface area contributed by atoms with Gasteiger partial charge in [0.1, 0.15) is 5.75 Å². The van der Waals surface area contributed by atoms with Gasteiger partial charge in [0, 0.05) is 22.3 Å². The second-order valence-corrected chi connectivity index (χ2v) is 6.44. The number of primary amides is 1. The number of hydrogen-bond acceptors (Lipinski definition) is 3. The number of nitrogens with two attached hydrogens (primary N) is 1. The second-order valence-electron chi connectivity index (χ2n) is 5.07. The van der Waals surface area contributed by atoms with Gasteiger partial charge in [0.15, 0.2) is 0 Å². The average molecular weight is 313 g/mol. The zero-order valence-electron chi connectivity index (χ0n) is 12.0. The topological polar surface area (TPSA) is 94.8 Å². The number of aromatic amines is 1. The van der Waals surface area contributed by atoms with Crippen LogP contribution >= 0.6 is 0 Å². The van der Waals surface area contributed by atoms with E-state index in [-0.39, 0.29) is 5.75 Å². The van der Waals surface area contributed by atoms with E-state index >= 15 is 0 Å². The minimum atomic E-state index is -1.38. The molecule has 112 valence electrons. The highest BCUT2D eigenvalue weighted by Crippen LogP contribution is 2.20. The van der Waals surface area contributed by atoms with Crippen molar-refractivity contribution in [2.45, 2.75) is 17.8 Å². The van der Waals surface area contributed by atoms with Gasteiger partial charge in [-0.25, -0.2) is 0 Å². The number of aryl methyl sites for hydroxylation is 1. The third-order valence-corrected chi connectivity index (χ3v) is 4.59. The van der Waals surface area contributed by atoms with Crippen molar-refractivity contribution in [3.05, 3.63) is 59.2 Å². The van der Waals surface area contributed by atoms with Crippen LogP contribution in [0.5, 0.6) is 0 Å². The molecular formula is C16H15N3O2S. The second kappa shape index (κ2) is 5.82. The molecule has 0 saturated heterocycles.